The predicted octanol–water partition coefficient (Wildman–Crippen LogP) is -0.0392. The summed E-state index contributed by atoms with van der Waals surface area (Å²) in [5.74, 6) is -5.73. The van der Waals surface area contributed by atoms with E-state index in [2.05, 4.69) is 0 Å². The highest BCUT2D eigenvalue weighted by Crippen LogP contribution is 2.38. The number of aliphatic carboxylic acids is 1. The highest BCUT2D eigenvalue weighted by Gasteiger charge is 2.50. The first-order valence-electron chi connectivity index (χ1n) is 15.8. The molecule has 0 spiro atoms. The van der Waals surface area contributed by atoms with E-state index >= 15 is 0 Å². The summed E-state index contributed by atoms with van der Waals surface area (Å²) in [6, 6.07) is -1.07. The number of cyclic esters (lactones) is 1. The largest absolute Gasteiger partial charge is 0.481 e. The molecule has 3 rings (SSSR count). The standard InChI is InChI=1S/C33H49NO13/c1-19-10-7-5-3-4-6-8-12-23(46-32-30(40)29(34)25(38)18-44-32)15-26-28(31(41)42)24(37)17-33(43,47-26)16-22(36)14-21(35)11-9-13-27(39)45-20(19)2/h3-10,12-13,19-26,28-30,32,35-38,40,43H,11,14-18,34H2,1-2H3,(H,41,42)/b5-3+,6-4+,10-7+,12-8+,13-9+/t19-,20+,21?,22?,23-,24-,25+,26-,28+,29-,30-,32?,33?/m0/s1. The third-order valence-electron chi connectivity index (χ3n) is 8.42. The van der Waals surface area contributed by atoms with Crippen molar-refractivity contribution < 1.29 is 64.3 Å². The van der Waals surface area contributed by atoms with Gasteiger partial charge in [0, 0.05) is 31.3 Å². The fourth-order valence-corrected chi connectivity index (χ4v) is 5.62. The molecule has 47 heavy (non-hydrogen) atoms. The molecule has 13 atom stereocenters. The molecule has 0 amide bonds. The van der Waals surface area contributed by atoms with Crippen LogP contribution < -0.4 is 5.73 Å². The summed E-state index contributed by atoms with van der Waals surface area (Å²) in [7, 11) is 0. The molecule has 14 nitrogen and oxygen atoms in total. The molecule has 0 aromatic carbocycles. The Kier molecular flexibility index (Phi) is 14.9. The van der Waals surface area contributed by atoms with Crippen LogP contribution in [0.25, 0.3) is 0 Å². The van der Waals surface area contributed by atoms with Crippen molar-refractivity contribution in [1.82, 2.24) is 0 Å². The van der Waals surface area contributed by atoms with Gasteiger partial charge < -0.3 is 60.4 Å². The molecule has 3 aliphatic rings. The predicted molar refractivity (Wildman–Crippen MR) is 167 cm³/mol. The van der Waals surface area contributed by atoms with E-state index in [0.717, 1.165) is 0 Å². The molecule has 14 heteroatoms. The average Bonchev–Trinajstić information content (AvgIpc) is 2.97. The van der Waals surface area contributed by atoms with Gasteiger partial charge in [0.15, 0.2) is 12.1 Å². The Morgan fingerprint density at radius 1 is 0.936 bits per heavy atom. The normalized spacial score (nSPS) is 45.0. The summed E-state index contributed by atoms with van der Waals surface area (Å²) in [5.41, 5.74) is 5.88. The van der Waals surface area contributed by atoms with Gasteiger partial charge >= 0.3 is 11.9 Å². The fourth-order valence-electron chi connectivity index (χ4n) is 5.62. The Morgan fingerprint density at radius 2 is 1.60 bits per heavy atom. The third kappa shape index (κ3) is 12.0. The second kappa shape index (κ2) is 18.1. The molecule has 2 bridgehead atoms. The summed E-state index contributed by atoms with van der Waals surface area (Å²) in [6.07, 6.45) is 4.24. The molecule has 3 heterocycles. The van der Waals surface area contributed by atoms with Gasteiger partial charge in [0.1, 0.15) is 18.1 Å². The van der Waals surface area contributed by atoms with E-state index in [-0.39, 0.29) is 31.8 Å². The number of hydrogen-bond donors (Lipinski definition) is 8. The number of ether oxygens (including phenoxy) is 4. The number of esters is 1. The van der Waals surface area contributed by atoms with Crippen LogP contribution in [-0.4, -0.2) is 121 Å². The van der Waals surface area contributed by atoms with Crippen molar-refractivity contribution in [2.75, 3.05) is 6.61 Å². The maximum atomic E-state index is 12.2. The number of carboxylic acids is 1. The number of hydrogen-bond acceptors (Lipinski definition) is 13. The van der Waals surface area contributed by atoms with Gasteiger partial charge in [-0.2, -0.15) is 0 Å². The number of carboxylic acid groups (broad SMARTS) is 1. The van der Waals surface area contributed by atoms with E-state index in [1.54, 1.807) is 49.5 Å². The monoisotopic (exact) mass is 667 g/mol. The molecule has 4 unspecified atom stereocenters. The summed E-state index contributed by atoms with van der Waals surface area (Å²) in [5, 5.41) is 73.7. The molecule has 0 aromatic heterocycles. The molecule has 0 aromatic rings. The number of nitrogens with two attached hydrogens (primary N) is 1. The zero-order valence-corrected chi connectivity index (χ0v) is 26.6. The number of aliphatic hydroxyl groups excluding tert-OH is 5. The Hall–Kier alpha value is -2.76. The van der Waals surface area contributed by atoms with Crippen molar-refractivity contribution in [1.29, 1.82) is 0 Å². The van der Waals surface area contributed by atoms with E-state index in [0.29, 0.717) is 0 Å². The molecule has 264 valence electrons. The zero-order valence-electron chi connectivity index (χ0n) is 26.6. The molecular formula is C33H49NO13. The van der Waals surface area contributed by atoms with E-state index in [4.69, 9.17) is 24.7 Å². The smallest absolute Gasteiger partial charge is 0.330 e. The lowest BCUT2D eigenvalue weighted by Crippen LogP contribution is -2.59. The van der Waals surface area contributed by atoms with E-state index in [9.17, 15) is 45.3 Å². The van der Waals surface area contributed by atoms with Crippen LogP contribution in [0.2, 0.25) is 0 Å². The van der Waals surface area contributed by atoms with Crippen molar-refractivity contribution in [3.05, 3.63) is 60.8 Å². The van der Waals surface area contributed by atoms with Gasteiger partial charge in [-0.1, -0.05) is 61.6 Å². The molecule has 9 N–H and O–H groups in total. The molecule has 2 fully saturated rings. The number of aliphatic hydroxyl groups is 6. The lowest BCUT2D eigenvalue weighted by molar-refractivity contribution is -0.305. The maximum Gasteiger partial charge on any atom is 0.330 e. The number of fused-ring (bicyclic) bond motifs is 2. The number of carbonyl (C=O) groups excluding carboxylic acids is 1. The van der Waals surface area contributed by atoms with Gasteiger partial charge in [-0.25, -0.2) is 4.79 Å². The summed E-state index contributed by atoms with van der Waals surface area (Å²) >= 11 is 0. The van der Waals surface area contributed by atoms with Crippen LogP contribution in [0.5, 0.6) is 0 Å². The van der Waals surface area contributed by atoms with Crippen LogP contribution in [0.3, 0.4) is 0 Å². The maximum absolute atomic E-state index is 12.2. The van der Waals surface area contributed by atoms with Crippen molar-refractivity contribution >= 4 is 11.9 Å². The van der Waals surface area contributed by atoms with E-state index in [1.165, 1.54) is 12.2 Å². The average molecular weight is 668 g/mol. The summed E-state index contributed by atoms with van der Waals surface area (Å²) in [6.45, 7) is 3.43. The Bertz CT molecular complexity index is 1170. The topological polar surface area (TPSA) is 239 Å². The number of allylic oxidation sites excluding steroid dienone is 6. The molecule has 3 aliphatic heterocycles. The van der Waals surface area contributed by atoms with Crippen molar-refractivity contribution in [2.24, 2.45) is 17.6 Å². The first-order valence-corrected chi connectivity index (χ1v) is 15.8. The van der Waals surface area contributed by atoms with Gasteiger partial charge in [-0.3, -0.25) is 4.79 Å². The highest BCUT2D eigenvalue weighted by atomic mass is 16.7. The van der Waals surface area contributed by atoms with Crippen molar-refractivity contribution in [2.45, 2.75) is 113 Å². The van der Waals surface area contributed by atoms with E-state index in [1.807, 2.05) is 13.0 Å². The second-order valence-electron chi connectivity index (χ2n) is 12.4. The molecular weight excluding hydrogens is 618 g/mol. The summed E-state index contributed by atoms with van der Waals surface area (Å²) < 4.78 is 22.7. The molecule has 0 saturated carbocycles. The van der Waals surface area contributed by atoms with Crippen molar-refractivity contribution in [3.8, 4) is 0 Å². The fraction of sp³-hybridized carbons (Fsp3) is 0.636. The minimum absolute atomic E-state index is 0.00105. The third-order valence-corrected chi connectivity index (χ3v) is 8.42. The van der Waals surface area contributed by atoms with Crippen LogP contribution in [0, 0.1) is 11.8 Å². The van der Waals surface area contributed by atoms with Crippen LogP contribution in [0.1, 0.15) is 46.0 Å². The first kappa shape index (κ1) is 38.7. The molecule has 0 aliphatic carbocycles. The SMILES string of the molecule is C[C@H]1/C=C/C=C/C=C/C=C/[C@H](OC2OC[C@@H](O)[C@H](N)[C@@H]2O)C[C@@H]2OC(O)(CC(O)CC(O)C/C=C/C(=O)O[C@@H]1C)C[C@H](O)[C@H]2C(=O)O. The highest BCUT2D eigenvalue weighted by molar-refractivity contribution is 5.82. The van der Waals surface area contributed by atoms with E-state index < -0.39 is 97.6 Å². The van der Waals surface area contributed by atoms with Crippen LogP contribution >= 0.6 is 0 Å². The quantitative estimate of drug-likeness (QED) is 0.184. The Morgan fingerprint density at radius 3 is 2.28 bits per heavy atom. The minimum atomic E-state index is -2.17. The number of carbonyl (C=O) groups is 2. The molecule has 2 saturated heterocycles. The van der Waals surface area contributed by atoms with Gasteiger partial charge in [-0.15, -0.1) is 0 Å². The number of rotatable bonds is 3. The Balaban J connectivity index is 1.90. The van der Waals surface area contributed by atoms with Gasteiger partial charge in [0.2, 0.25) is 0 Å². The van der Waals surface area contributed by atoms with Crippen molar-refractivity contribution in [3.63, 3.8) is 0 Å². The first-order chi connectivity index (χ1) is 22.2. The molecule has 0 radical (unpaired) electrons. The summed E-state index contributed by atoms with van der Waals surface area (Å²) in [4.78, 5) is 24.4. The lowest BCUT2D eigenvalue weighted by atomic mass is 9.83. The zero-order chi connectivity index (χ0) is 34.7. The minimum Gasteiger partial charge on any atom is -0.481 e. The lowest BCUT2D eigenvalue weighted by Gasteiger charge is -2.45. The Labute approximate surface area is 274 Å². The van der Waals surface area contributed by atoms with Crippen LogP contribution in [0.4, 0.5) is 0 Å². The van der Waals surface area contributed by atoms with Gasteiger partial charge in [0.25, 0.3) is 0 Å². The van der Waals surface area contributed by atoms with Crippen LogP contribution in [0.15, 0.2) is 60.8 Å². The van der Waals surface area contributed by atoms with Gasteiger partial charge in [-0.05, 0) is 19.8 Å². The van der Waals surface area contributed by atoms with Gasteiger partial charge in [0.05, 0.1) is 49.3 Å². The second-order valence-corrected chi connectivity index (χ2v) is 12.4. The van der Waals surface area contributed by atoms with Crippen LogP contribution in [-0.2, 0) is 28.5 Å².